The summed E-state index contributed by atoms with van der Waals surface area (Å²) in [4.78, 5) is 13.1. The molecule has 0 saturated carbocycles. The molecule has 0 aliphatic heterocycles. The number of hydrogen-bond acceptors (Lipinski definition) is 6. The molecular weight excluding hydrogens is 402 g/mol. The maximum absolute atomic E-state index is 12.4. The number of nitrogens with one attached hydrogen (secondary N) is 2. The van der Waals surface area contributed by atoms with Gasteiger partial charge in [-0.1, -0.05) is 0 Å². The van der Waals surface area contributed by atoms with Crippen molar-refractivity contribution in [3.05, 3.63) is 31.9 Å². The molecule has 150 valence electrons. The van der Waals surface area contributed by atoms with Gasteiger partial charge in [-0.2, -0.15) is 0 Å². The highest BCUT2D eigenvalue weighted by Crippen LogP contribution is 2.24. The molecule has 0 aromatic carbocycles. The van der Waals surface area contributed by atoms with Crippen molar-refractivity contribution in [2.24, 2.45) is 4.99 Å². The molecule has 7 nitrogen and oxygen atoms in total. The van der Waals surface area contributed by atoms with Gasteiger partial charge in [0.05, 0.1) is 28.7 Å². The Labute approximate surface area is 169 Å². The molecule has 10 heteroatoms. The number of thiophene rings is 1. The summed E-state index contributed by atoms with van der Waals surface area (Å²) in [5.41, 5.74) is 0.995. The summed E-state index contributed by atoms with van der Waals surface area (Å²) in [6.45, 7) is 9.69. The highest BCUT2D eigenvalue weighted by Gasteiger charge is 2.18. The predicted octanol–water partition coefficient (Wildman–Crippen LogP) is 2.51. The number of aliphatic imine (C=N–C) groups is 1. The van der Waals surface area contributed by atoms with Crippen LogP contribution in [0.1, 0.15) is 27.4 Å². The van der Waals surface area contributed by atoms with Gasteiger partial charge in [-0.05, 0) is 33.8 Å². The van der Waals surface area contributed by atoms with Crippen molar-refractivity contribution >= 4 is 38.7 Å². The largest absolute Gasteiger partial charge is 0.357 e. The second-order valence-corrected chi connectivity index (χ2v) is 10.4. The van der Waals surface area contributed by atoms with Crippen LogP contribution in [-0.2, 0) is 16.6 Å². The summed E-state index contributed by atoms with van der Waals surface area (Å²) in [6, 6.07) is 1.71. The third kappa shape index (κ3) is 6.27. The van der Waals surface area contributed by atoms with Crippen LogP contribution in [0.2, 0.25) is 0 Å². The maximum atomic E-state index is 12.4. The summed E-state index contributed by atoms with van der Waals surface area (Å²) < 4.78 is 27.5. The number of thiazole rings is 1. The molecule has 0 aliphatic rings. The Morgan fingerprint density at radius 2 is 2.07 bits per heavy atom. The van der Waals surface area contributed by atoms with Crippen molar-refractivity contribution in [3.63, 3.8) is 0 Å². The van der Waals surface area contributed by atoms with E-state index in [1.54, 1.807) is 17.4 Å². The lowest BCUT2D eigenvalue weighted by Crippen LogP contribution is -2.39. The maximum Gasteiger partial charge on any atom is 0.241 e. The van der Waals surface area contributed by atoms with E-state index in [4.69, 9.17) is 0 Å². The molecule has 27 heavy (non-hydrogen) atoms. The van der Waals surface area contributed by atoms with Crippen molar-refractivity contribution in [1.29, 1.82) is 0 Å². The molecule has 0 bridgehead atoms. The second kappa shape index (κ2) is 9.63. The van der Waals surface area contributed by atoms with Gasteiger partial charge in [0.25, 0.3) is 0 Å². The summed E-state index contributed by atoms with van der Waals surface area (Å²) in [5.74, 6) is 0.727. The van der Waals surface area contributed by atoms with Gasteiger partial charge in [-0.25, -0.2) is 18.1 Å². The van der Waals surface area contributed by atoms with Crippen molar-refractivity contribution in [1.82, 2.24) is 19.9 Å². The molecular formula is C17H27N5O2S3. The van der Waals surface area contributed by atoms with E-state index >= 15 is 0 Å². The highest BCUT2D eigenvalue weighted by molar-refractivity contribution is 7.89. The molecule has 2 heterocycles. The van der Waals surface area contributed by atoms with Crippen LogP contribution >= 0.6 is 22.7 Å². The minimum atomic E-state index is -3.50. The SMILES string of the molecule is CCNC(=NCCNS(=O)(=O)c1cc(C)sc1C)N(C)Cc1csc(C)n1. The third-order valence-corrected chi connectivity index (χ3v) is 7.22. The molecule has 0 saturated heterocycles. The normalized spacial score (nSPS) is 12.4. The van der Waals surface area contributed by atoms with Crippen molar-refractivity contribution in [2.45, 2.75) is 39.1 Å². The number of sulfonamides is 1. The average Bonchev–Trinajstić information content (AvgIpc) is 3.15. The van der Waals surface area contributed by atoms with E-state index in [1.165, 1.54) is 11.3 Å². The Hall–Kier alpha value is -1.49. The minimum absolute atomic E-state index is 0.245. The average molecular weight is 430 g/mol. The molecule has 2 aromatic rings. The van der Waals surface area contributed by atoms with Gasteiger partial charge in [-0.3, -0.25) is 4.99 Å². The first-order chi connectivity index (χ1) is 12.7. The van der Waals surface area contributed by atoms with Crippen LogP contribution in [0, 0.1) is 20.8 Å². The number of guanidine groups is 1. The molecule has 2 rings (SSSR count). The molecule has 0 spiro atoms. The zero-order valence-corrected chi connectivity index (χ0v) is 18.8. The van der Waals surface area contributed by atoms with Gasteiger partial charge in [0.2, 0.25) is 10.0 Å². The molecule has 0 unspecified atom stereocenters. The van der Waals surface area contributed by atoms with Crippen LogP contribution in [-0.4, -0.2) is 50.9 Å². The molecule has 0 amide bonds. The standard InChI is InChI=1S/C17H27N5O2S3/c1-6-18-17(22(5)10-15-11-25-14(4)21-15)19-7-8-20-27(23,24)16-9-12(2)26-13(16)3/h9,11,20H,6-8,10H2,1-5H3,(H,18,19). The van der Waals surface area contributed by atoms with Gasteiger partial charge >= 0.3 is 0 Å². The number of aromatic nitrogens is 1. The van der Waals surface area contributed by atoms with Gasteiger partial charge in [0.1, 0.15) is 0 Å². The minimum Gasteiger partial charge on any atom is -0.357 e. The summed E-state index contributed by atoms with van der Waals surface area (Å²) in [6.07, 6.45) is 0. The van der Waals surface area contributed by atoms with Crippen LogP contribution < -0.4 is 10.0 Å². The number of aryl methyl sites for hydroxylation is 3. The lowest BCUT2D eigenvalue weighted by atomic mass is 10.4. The summed E-state index contributed by atoms with van der Waals surface area (Å²) >= 11 is 3.11. The Bertz CT molecular complexity index is 886. The number of nitrogens with zero attached hydrogens (tertiary/aromatic N) is 3. The van der Waals surface area contributed by atoms with Gasteiger partial charge < -0.3 is 10.2 Å². The van der Waals surface area contributed by atoms with Crippen LogP contribution in [0.25, 0.3) is 0 Å². The molecule has 0 atom stereocenters. The van der Waals surface area contributed by atoms with Crippen LogP contribution in [0.5, 0.6) is 0 Å². The first-order valence-corrected chi connectivity index (χ1v) is 11.9. The number of hydrogen-bond donors (Lipinski definition) is 2. The third-order valence-electron chi connectivity index (χ3n) is 3.71. The Morgan fingerprint density at radius 3 is 2.63 bits per heavy atom. The summed E-state index contributed by atoms with van der Waals surface area (Å²) in [7, 11) is -1.56. The van der Waals surface area contributed by atoms with Crippen molar-refractivity contribution in [3.8, 4) is 0 Å². The quantitative estimate of drug-likeness (QED) is 0.382. The Kier molecular flexibility index (Phi) is 7.78. The van der Waals surface area contributed by atoms with Gasteiger partial charge in [-0.15, -0.1) is 22.7 Å². The summed E-state index contributed by atoms with van der Waals surface area (Å²) in [5, 5.41) is 6.30. The fourth-order valence-electron chi connectivity index (χ4n) is 2.56. The molecule has 2 aromatic heterocycles. The topological polar surface area (TPSA) is 86.7 Å². The van der Waals surface area contributed by atoms with Crippen LogP contribution in [0.15, 0.2) is 21.3 Å². The first kappa shape index (κ1) is 21.8. The molecule has 0 radical (unpaired) electrons. The monoisotopic (exact) mass is 429 g/mol. The molecule has 0 fully saturated rings. The van der Waals surface area contributed by atoms with Gasteiger partial charge in [0, 0.05) is 35.3 Å². The van der Waals surface area contributed by atoms with Gasteiger partial charge in [0.15, 0.2) is 5.96 Å². The fourth-order valence-corrected chi connectivity index (χ4v) is 5.74. The van der Waals surface area contributed by atoms with E-state index in [0.717, 1.165) is 33.0 Å². The van der Waals surface area contributed by atoms with E-state index in [2.05, 4.69) is 20.0 Å². The lowest BCUT2D eigenvalue weighted by Gasteiger charge is -2.21. The molecule has 2 N–H and O–H groups in total. The van der Waals surface area contributed by atoms with Crippen LogP contribution in [0.3, 0.4) is 0 Å². The second-order valence-electron chi connectivity index (χ2n) is 6.12. The van der Waals surface area contributed by atoms with Crippen LogP contribution in [0.4, 0.5) is 0 Å². The van der Waals surface area contributed by atoms with E-state index in [9.17, 15) is 8.42 Å². The molecule has 0 aliphatic carbocycles. The Morgan fingerprint density at radius 1 is 1.33 bits per heavy atom. The van der Waals surface area contributed by atoms with E-state index in [0.29, 0.717) is 18.0 Å². The van der Waals surface area contributed by atoms with Crippen molar-refractivity contribution < 1.29 is 8.42 Å². The lowest BCUT2D eigenvalue weighted by molar-refractivity contribution is 0.471. The zero-order valence-electron chi connectivity index (χ0n) is 16.4. The fraction of sp³-hybridized carbons (Fsp3) is 0.529. The zero-order chi connectivity index (χ0) is 20.0. The number of rotatable bonds is 8. The highest BCUT2D eigenvalue weighted by atomic mass is 32.2. The Balaban J connectivity index is 1.95. The van der Waals surface area contributed by atoms with E-state index < -0.39 is 10.0 Å². The van der Waals surface area contributed by atoms with E-state index in [1.807, 2.05) is 45.0 Å². The van der Waals surface area contributed by atoms with Crippen molar-refractivity contribution in [2.75, 3.05) is 26.7 Å². The first-order valence-electron chi connectivity index (χ1n) is 8.70. The predicted molar refractivity (Wildman–Crippen MR) is 113 cm³/mol. The van der Waals surface area contributed by atoms with E-state index in [-0.39, 0.29) is 6.54 Å². The smallest absolute Gasteiger partial charge is 0.241 e.